The van der Waals surface area contributed by atoms with Crippen LogP contribution >= 0.6 is 0 Å². The van der Waals surface area contributed by atoms with E-state index in [9.17, 15) is 13.2 Å². The largest absolute Gasteiger partial charge is 0.496 e. The molecule has 1 aromatic heterocycles. The molecule has 2 N–H and O–H groups in total. The fraction of sp³-hybridized carbons (Fsp3) is 0.600. The second-order valence-electron chi connectivity index (χ2n) is 5.03. The number of aliphatic imine (C=N–C) groups is 1. The predicted octanol–water partition coefficient (Wildman–Crippen LogP) is 2.71. The molecule has 0 aromatic carbocycles. The van der Waals surface area contributed by atoms with Gasteiger partial charge in [0.2, 0.25) is 0 Å². The summed E-state index contributed by atoms with van der Waals surface area (Å²) in [5, 5.41) is 5.58. The Morgan fingerprint density at radius 3 is 2.57 bits per heavy atom. The number of pyridine rings is 1. The fourth-order valence-corrected chi connectivity index (χ4v) is 2.05. The molecule has 0 aliphatic carbocycles. The average molecular weight is 332 g/mol. The van der Waals surface area contributed by atoms with Gasteiger partial charge in [-0.1, -0.05) is 0 Å². The van der Waals surface area contributed by atoms with Gasteiger partial charge < -0.3 is 15.4 Å². The lowest BCUT2D eigenvalue weighted by atomic mass is 10.1. The van der Waals surface area contributed by atoms with Crippen molar-refractivity contribution >= 4 is 5.96 Å². The number of aryl methyl sites for hydroxylation is 1. The first-order chi connectivity index (χ1) is 10.8. The van der Waals surface area contributed by atoms with Crippen molar-refractivity contribution < 1.29 is 17.9 Å². The molecule has 0 spiro atoms. The van der Waals surface area contributed by atoms with E-state index in [4.69, 9.17) is 4.74 Å². The number of guanidine groups is 1. The maximum absolute atomic E-state index is 12.2. The third-order valence-electron chi connectivity index (χ3n) is 3.18. The van der Waals surface area contributed by atoms with E-state index >= 15 is 0 Å². The summed E-state index contributed by atoms with van der Waals surface area (Å²) in [7, 11) is 1.59. The number of hydrogen-bond donors (Lipinski definition) is 2. The smallest absolute Gasteiger partial charge is 0.390 e. The average Bonchev–Trinajstić information content (AvgIpc) is 2.45. The van der Waals surface area contributed by atoms with Gasteiger partial charge in [-0.2, -0.15) is 13.2 Å². The van der Waals surface area contributed by atoms with Crippen molar-refractivity contribution in [3.63, 3.8) is 0 Å². The van der Waals surface area contributed by atoms with E-state index in [0.29, 0.717) is 12.5 Å². The van der Waals surface area contributed by atoms with Crippen molar-refractivity contribution in [1.82, 2.24) is 15.6 Å². The minimum Gasteiger partial charge on any atom is -0.496 e. The molecule has 23 heavy (non-hydrogen) atoms. The van der Waals surface area contributed by atoms with Crippen LogP contribution in [0.1, 0.15) is 30.2 Å². The van der Waals surface area contributed by atoms with E-state index in [1.807, 2.05) is 20.8 Å². The van der Waals surface area contributed by atoms with Crippen LogP contribution < -0.4 is 15.4 Å². The van der Waals surface area contributed by atoms with Crippen LogP contribution in [0.5, 0.6) is 5.75 Å². The predicted molar refractivity (Wildman–Crippen MR) is 83.8 cm³/mol. The van der Waals surface area contributed by atoms with E-state index < -0.39 is 12.6 Å². The third kappa shape index (κ3) is 6.33. The number of aromatic nitrogens is 1. The molecule has 8 heteroatoms. The van der Waals surface area contributed by atoms with Crippen molar-refractivity contribution in [1.29, 1.82) is 0 Å². The maximum atomic E-state index is 12.2. The van der Waals surface area contributed by atoms with Crippen molar-refractivity contribution in [2.75, 3.05) is 20.2 Å². The minimum absolute atomic E-state index is 0.223. The van der Waals surface area contributed by atoms with Crippen LogP contribution in [0.2, 0.25) is 0 Å². The van der Waals surface area contributed by atoms with Crippen LogP contribution in [-0.4, -0.2) is 37.3 Å². The Labute approximate surface area is 134 Å². The van der Waals surface area contributed by atoms with Gasteiger partial charge in [0.25, 0.3) is 0 Å². The Balaban J connectivity index is 2.77. The molecule has 0 atom stereocenters. The molecule has 1 aromatic rings. The van der Waals surface area contributed by atoms with E-state index in [1.165, 1.54) is 0 Å². The second kappa shape index (κ2) is 8.59. The molecular formula is C15H23F3N4O. The van der Waals surface area contributed by atoms with Gasteiger partial charge in [-0.25, -0.2) is 4.99 Å². The summed E-state index contributed by atoms with van der Waals surface area (Å²) < 4.78 is 41.9. The van der Waals surface area contributed by atoms with E-state index in [0.717, 1.165) is 22.6 Å². The molecule has 0 saturated heterocycles. The number of alkyl halides is 3. The van der Waals surface area contributed by atoms with Crippen molar-refractivity contribution in [2.45, 2.75) is 39.9 Å². The van der Waals surface area contributed by atoms with E-state index in [-0.39, 0.29) is 13.1 Å². The highest BCUT2D eigenvalue weighted by Gasteiger charge is 2.26. The van der Waals surface area contributed by atoms with E-state index in [1.54, 1.807) is 13.3 Å². The highest BCUT2D eigenvalue weighted by molar-refractivity contribution is 5.79. The van der Waals surface area contributed by atoms with Gasteiger partial charge >= 0.3 is 6.18 Å². The summed E-state index contributed by atoms with van der Waals surface area (Å²) >= 11 is 0. The highest BCUT2D eigenvalue weighted by atomic mass is 19.4. The molecule has 1 rings (SSSR count). The Morgan fingerprint density at radius 1 is 1.30 bits per heavy atom. The molecule has 1 heterocycles. The van der Waals surface area contributed by atoms with Gasteiger partial charge in [-0.05, 0) is 20.8 Å². The minimum atomic E-state index is -4.19. The molecule has 130 valence electrons. The Morgan fingerprint density at radius 2 is 2.00 bits per heavy atom. The van der Waals surface area contributed by atoms with Crippen molar-refractivity contribution in [2.24, 2.45) is 4.99 Å². The summed E-state index contributed by atoms with van der Waals surface area (Å²) in [5.41, 5.74) is 2.52. The standard InChI is InChI=1S/C15H23F3N4O/c1-5-19-14(20-7-6-15(16,17)18)22-9-12-11(3)13(23-4)10(2)8-21-12/h8H,5-7,9H2,1-4H3,(H2,19,20,22). The van der Waals surface area contributed by atoms with Crippen molar-refractivity contribution in [3.05, 3.63) is 23.0 Å². The molecule has 0 fully saturated rings. The lowest BCUT2D eigenvalue weighted by Gasteiger charge is -2.14. The number of nitrogens with one attached hydrogen (secondary N) is 2. The van der Waals surface area contributed by atoms with Gasteiger partial charge in [-0.15, -0.1) is 0 Å². The first-order valence-electron chi connectivity index (χ1n) is 7.36. The summed E-state index contributed by atoms with van der Waals surface area (Å²) in [6, 6.07) is 0. The molecule has 0 aliphatic rings. The first kappa shape index (κ1) is 19.1. The van der Waals surface area contributed by atoms with Gasteiger partial charge in [0.1, 0.15) is 5.75 Å². The monoisotopic (exact) mass is 332 g/mol. The van der Waals surface area contributed by atoms with Crippen molar-refractivity contribution in [3.8, 4) is 5.75 Å². The van der Waals surface area contributed by atoms with Crippen LogP contribution in [-0.2, 0) is 6.54 Å². The number of halogens is 3. The van der Waals surface area contributed by atoms with Crippen LogP contribution in [0, 0.1) is 13.8 Å². The van der Waals surface area contributed by atoms with Crippen LogP contribution in [0.25, 0.3) is 0 Å². The van der Waals surface area contributed by atoms with Gasteiger partial charge in [-0.3, -0.25) is 4.98 Å². The maximum Gasteiger partial charge on any atom is 0.390 e. The highest BCUT2D eigenvalue weighted by Crippen LogP contribution is 2.24. The SMILES string of the molecule is CCNC(=NCc1ncc(C)c(OC)c1C)NCCC(F)(F)F. The first-order valence-corrected chi connectivity index (χ1v) is 7.36. The number of hydrogen-bond acceptors (Lipinski definition) is 3. The zero-order valence-electron chi connectivity index (χ0n) is 13.8. The number of methoxy groups -OCH3 is 1. The third-order valence-corrected chi connectivity index (χ3v) is 3.18. The van der Waals surface area contributed by atoms with Crippen LogP contribution in [0.3, 0.4) is 0 Å². The summed E-state index contributed by atoms with van der Waals surface area (Å²) in [6.07, 6.45) is -3.40. The van der Waals surface area contributed by atoms with Gasteiger partial charge in [0.15, 0.2) is 5.96 Å². The molecule has 0 radical (unpaired) electrons. The lowest BCUT2D eigenvalue weighted by molar-refractivity contribution is -0.132. The summed E-state index contributed by atoms with van der Waals surface area (Å²) in [4.78, 5) is 8.59. The van der Waals surface area contributed by atoms with Crippen LogP contribution in [0.4, 0.5) is 13.2 Å². The molecule has 0 saturated carbocycles. The Hall–Kier alpha value is -1.99. The van der Waals surface area contributed by atoms with Crippen LogP contribution in [0.15, 0.2) is 11.2 Å². The molecule has 0 aliphatic heterocycles. The quantitative estimate of drug-likeness (QED) is 0.621. The topological polar surface area (TPSA) is 58.5 Å². The summed E-state index contributed by atoms with van der Waals surface area (Å²) in [6.45, 7) is 6.21. The molecule has 0 amide bonds. The normalized spacial score (nSPS) is 12.2. The lowest BCUT2D eigenvalue weighted by Crippen LogP contribution is -2.38. The van der Waals surface area contributed by atoms with Gasteiger partial charge in [0.05, 0.1) is 25.8 Å². The zero-order chi connectivity index (χ0) is 17.5. The molecular weight excluding hydrogens is 309 g/mol. The number of rotatable bonds is 6. The van der Waals surface area contributed by atoms with Gasteiger partial charge in [0, 0.05) is 30.4 Å². The molecule has 5 nitrogen and oxygen atoms in total. The van der Waals surface area contributed by atoms with E-state index in [2.05, 4.69) is 20.6 Å². The Bertz CT molecular complexity index is 544. The zero-order valence-corrected chi connectivity index (χ0v) is 13.8. The fourth-order valence-electron chi connectivity index (χ4n) is 2.05. The number of nitrogens with zero attached hydrogens (tertiary/aromatic N) is 2. The second-order valence-corrected chi connectivity index (χ2v) is 5.03. The molecule has 0 unspecified atom stereocenters. The summed E-state index contributed by atoms with van der Waals surface area (Å²) in [5.74, 6) is 1.08. The molecule has 0 bridgehead atoms. The Kier molecular flexibility index (Phi) is 7.12. The number of ether oxygens (including phenoxy) is 1.